The van der Waals surface area contributed by atoms with Crippen LogP contribution >= 0.6 is 23.2 Å². The first-order valence-corrected chi connectivity index (χ1v) is 8.78. The number of carbonyl (C=O) groups is 1. The summed E-state index contributed by atoms with van der Waals surface area (Å²) in [4.78, 5) is 12.0. The van der Waals surface area contributed by atoms with Gasteiger partial charge in [-0.1, -0.05) is 23.2 Å². The molecular weight excluding hydrogens is 395 g/mol. The Morgan fingerprint density at radius 3 is 2.63 bits per heavy atom. The zero-order chi connectivity index (χ0) is 19.0. The molecular formula is C18H14Cl2N2O5. The van der Waals surface area contributed by atoms with Crippen molar-refractivity contribution >= 4 is 35.0 Å². The summed E-state index contributed by atoms with van der Waals surface area (Å²) in [6.07, 6.45) is -0.812. The van der Waals surface area contributed by atoms with Crippen LogP contribution in [0.15, 0.2) is 41.5 Å². The topological polar surface area (TPSA) is 69.6 Å². The number of hydrogen-bond donors (Lipinski definition) is 0. The van der Waals surface area contributed by atoms with E-state index in [2.05, 4.69) is 5.10 Å². The Kier molecular flexibility index (Phi) is 4.72. The summed E-state index contributed by atoms with van der Waals surface area (Å²) in [5.74, 6) is 1.63. The Hall–Kier alpha value is -2.64. The van der Waals surface area contributed by atoms with Gasteiger partial charge in [-0.25, -0.2) is 0 Å². The minimum Gasteiger partial charge on any atom is -0.484 e. The molecule has 9 heteroatoms. The van der Waals surface area contributed by atoms with Crippen LogP contribution in [0.5, 0.6) is 17.2 Å². The Balaban J connectivity index is 1.53. The van der Waals surface area contributed by atoms with Gasteiger partial charge >= 0.3 is 0 Å². The zero-order valence-electron chi connectivity index (χ0n) is 14.1. The molecule has 0 saturated heterocycles. The van der Waals surface area contributed by atoms with E-state index >= 15 is 0 Å². The first kappa shape index (κ1) is 17.8. The molecule has 0 radical (unpaired) electrons. The van der Waals surface area contributed by atoms with Crippen molar-refractivity contribution in [1.82, 2.24) is 5.01 Å². The third-order valence-electron chi connectivity index (χ3n) is 3.95. The summed E-state index contributed by atoms with van der Waals surface area (Å²) < 4.78 is 22.1. The van der Waals surface area contributed by atoms with Gasteiger partial charge in [-0.2, -0.15) is 5.01 Å². The first-order valence-electron chi connectivity index (χ1n) is 8.02. The molecule has 0 spiro atoms. The number of halogens is 2. The number of benzene rings is 2. The molecule has 0 fully saturated rings. The second-order valence-corrected chi connectivity index (χ2v) is 6.64. The number of amides is 1. The van der Waals surface area contributed by atoms with Crippen LogP contribution in [0.25, 0.3) is 0 Å². The summed E-state index contributed by atoms with van der Waals surface area (Å²) in [5, 5.41) is 6.41. The standard InChI is InChI=1S/C18H14Cl2N2O5/c1-10(23)22-18(13-6-15-16(7-14(13)20)26-9-25-15)27-17(21-22)8-24-12-4-2-11(19)3-5-12/h2-7,18H,8-9H2,1H3/t18-/m1/s1. The van der Waals surface area contributed by atoms with Crippen LogP contribution in [0.3, 0.4) is 0 Å². The number of hydrazone groups is 1. The van der Waals surface area contributed by atoms with E-state index in [1.54, 1.807) is 36.4 Å². The van der Waals surface area contributed by atoms with E-state index in [0.29, 0.717) is 32.9 Å². The van der Waals surface area contributed by atoms with Crippen molar-refractivity contribution in [2.75, 3.05) is 13.4 Å². The van der Waals surface area contributed by atoms with E-state index in [1.807, 2.05) is 0 Å². The van der Waals surface area contributed by atoms with Crippen molar-refractivity contribution in [2.24, 2.45) is 5.10 Å². The molecule has 2 aliphatic heterocycles. The highest BCUT2D eigenvalue weighted by molar-refractivity contribution is 6.31. The molecule has 2 aliphatic rings. The molecule has 27 heavy (non-hydrogen) atoms. The van der Waals surface area contributed by atoms with E-state index in [1.165, 1.54) is 11.9 Å². The van der Waals surface area contributed by atoms with Gasteiger partial charge in [0.15, 0.2) is 18.1 Å². The largest absolute Gasteiger partial charge is 0.484 e. The lowest BCUT2D eigenvalue weighted by Crippen LogP contribution is -2.25. The van der Waals surface area contributed by atoms with Gasteiger partial charge in [0.05, 0.1) is 5.02 Å². The van der Waals surface area contributed by atoms with E-state index in [9.17, 15) is 4.79 Å². The van der Waals surface area contributed by atoms with E-state index in [-0.39, 0.29) is 25.2 Å². The van der Waals surface area contributed by atoms with Crippen LogP contribution in [0.1, 0.15) is 18.7 Å². The lowest BCUT2D eigenvalue weighted by Gasteiger charge is -2.20. The molecule has 0 bridgehead atoms. The normalized spacial score (nSPS) is 17.5. The van der Waals surface area contributed by atoms with Crippen LogP contribution in [0.2, 0.25) is 10.0 Å². The molecule has 1 amide bonds. The Morgan fingerprint density at radius 2 is 1.93 bits per heavy atom. The molecule has 2 heterocycles. The van der Waals surface area contributed by atoms with Gasteiger partial charge in [0, 0.05) is 23.6 Å². The number of rotatable bonds is 4. The van der Waals surface area contributed by atoms with Gasteiger partial charge in [0.1, 0.15) is 5.75 Å². The van der Waals surface area contributed by atoms with E-state index in [0.717, 1.165) is 0 Å². The van der Waals surface area contributed by atoms with E-state index < -0.39 is 6.23 Å². The maximum Gasteiger partial charge on any atom is 0.247 e. The molecule has 0 unspecified atom stereocenters. The highest BCUT2D eigenvalue weighted by Crippen LogP contribution is 2.41. The lowest BCUT2D eigenvalue weighted by atomic mass is 10.1. The molecule has 0 N–H and O–H groups in total. The van der Waals surface area contributed by atoms with Gasteiger partial charge in [-0.05, 0) is 30.3 Å². The average molecular weight is 409 g/mol. The molecule has 0 saturated carbocycles. The van der Waals surface area contributed by atoms with Crippen molar-refractivity contribution in [3.63, 3.8) is 0 Å². The molecule has 140 valence electrons. The third-order valence-corrected chi connectivity index (χ3v) is 4.52. The Labute approximate surface area is 165 Å². The molecule has 2 aromatic rings. The predicted octanol–water partition coefficient (Wildman–Crippen LogP) is 3.99. The minimum atomic E-state index is -0.812. The average Bonchev–Trinajstić information content (AvgIpc) is 3.26. The maximum absolute atomic E-state index is 12.0. The third kappa shape index (κ3) is 3.61. The van der Waals surface area contributed by atoms with Crippen LogP contribution in [-0.2, 0) is 9.53 Å². The monoisotopic (exact) mass is 408 g/mol. The Bertz CT molecular complexity index is 917. The van der Waals surface area contributed by atoms with Gasteiger partial charge < -0.3 is 18.9 Å². The van der Waals surface area contributed by atoms with Crippen LogP contribution in [-0.4, -0.2) is 30.2 Å². The van der Waals surface area contributed by atoms with Gasteiger partial charge in [-0.3, -0.25) is 4.79 Å². The second-order valence-electron chi connectivity index (χ2n) is 5.80. The van der Waals surface area contributed by atoms with Crippen molar-refractivity contribution < 1.29 is 23.7 Å². The summed E-state index contributed by atoms with van der Waals surface area (Å²) in [5.41, 5.74) is 0.543. The Morgan fingerprint density at radius 1 is 1.22 bits per heavy atom. The summed E-state index contributed by atoms with van der Waals surface area (Å²) in [6.45, 7) is 1.56. The molecule has 1 atom stereocenters. The van der Waals surface area contributed by atoms with Crippen LogP contribution in [0.4, 0.5) is 0 Å². The number of hydrogen-bond acceptors (Lipinski definition) is 6. The SMILES string of the molecule is CC(=O)N1N=C(COc2ccc(Cl)cc2)O[C@@H]1c1cc2c(cc1Cl)OCO2. The van der Waals surface area contributed by atoms with Gasteiger partial charge in [0.25, 0.3) is 0 Å². The van der Waals surface area contributed by atoms with Crippen molar-refractivity contribution in [2.45, 2.75) is 13.2 Å². The molecule has 4 rings (SSSR count). The highest BCUT2D eigenvalue weighted by atomic mass is 35.5. The predicted molar refractivity (Wildman–Crippen MR) is 98.3 cm³/mol. The molecule has 0 aromatic heterocycles. The number of carbonyl (C=O) groups excluding carboxylic acids is 1. The zero-order valence-corrected chi connectivity index (χ0v) is 15.7. The summed E-state index contributed by atoms with van der Waals surface area (Å²) in [6, 6.07) is 10.2. The van der Waals surface area contributed by atoms with Crippen molar-refractivity contribution in [1.29, 1.82) is 0 Å². The van der Waals surface area contributed by atoms with Gasteiger partial charge in [-0.15, -0.1) is 5.10 Å². The lowest BCUT2D eigenvalue weighted by molar-refractivity contribution is -0.135. The minimum absolute atomic E-state index is 0.0457. The molecule has 0 aliphatic carbocycles. The fraction of sp³-hybridized carbons (Fsp3) is 0.222. The van der Waals surface area contributed by atoms with Crippen LogP contribution < -0.4 is 14.2 Å². The maximum atomic E-state index is 12.0. The highest BCUT2D eigenvalue weighted by Gasteiger charge is 2.35. The van der Waals surface area contributed by atoms with Crippen LogP contribution in [0, 0.1) is 0 Å². The fourth-order valence-corrected chi connectivity index (χ4v) is 3.04. The number of fused-ring (bicyclic) bond motifs is 1. The quantitative estimate of drug-likeness (QED) is 0.764. The number of ether oxygens (including phenoxy) is 4. The smallest absolute Gasteiger partial charge is 0.247 e. The van der Waals surface area contributed by atoms with E-state index in [4.69, 9.17) is 42.1 Å². The first-order chi connectivity index (χ1) is 13.0. The summed E-state index contributed by atoms with van der Waals surface area (Å²) >= 11 is 12.2. The fourth-order valence-electron chi connectivity index (χ4n) is 2.67. The summed E-state index contributed by atoms with van der Waals surface area (Å²) in [7, 11) is 0. The van der Waals surface area contributed by atoms with Gasteiger partial charge in [0.2, 0.25) is 24.8 Å². The molecule has 2 aromatic carbocycles. The number of nitrogens with zero attached hydrogens (tertiary/aromatic N) is 2. The molecule has 7 nitrogen and oxygen atoms in total. The second kappa shape index (κ2) is 7.17. The van der Waals surface area contributed by atoms with Crippen molar-refractivity contribution in [3.05, 3.63) is 52.0 Å². The van der Waals surface area contributed by atoms with Crippen molar-refractivity contribution in [3.8, 4) is 17.2 Å².